The first-order valence-electron chi connectivity index (χ1n) is 10.7. The van der Waals surface area contributed by atoms with Crippen molar-refractivity contribution in [3.63, 3.8) is 0 Å². The molecule has 0 bridgehead atoms. The lowest BCUT2D eigenvalue weighted by atomic mass is 10.0. The van der Waals surface area contributed by atoms with Crippen LogP contribution >= 0.6 is 0 Å². The van der Waals surface area contributed by atoms with E-state index in [9.17, 15) is 18.0 Å². The summed E-state index contributed by atoms with van der Waals surface area (Å²) >= 11 is 0. The van der Waals surface area contributed by atoms with E-state index in [2.05, 4.69) is 20.5 Å². The molecule has 2 heterocycles. The molecule has 1 atom stereocenters. The van der Waals surface area contributed by atoms with E-state index < -0.39 is 22.1 Å². The quantitative estimate of drug-likeness (QED) is 0.492. The van der Waals surface area contributed by atoms with Crippen molar-refractivity contribution in [1.82, 2.24) is 10.5 Å². The zero-order valence-electron chi connectivity index (χ0n) is 18.7. The summed E-state index contributed by atoms with van der Waals surface area (Å²) < 4.78 is 30.9. The van der Waals surface area contributed by atoms with Gasteiger partial charge in [-0.25, -0.2) is 13.2 Å². The third kappa shape index (κ3) is 5.54. The number of sulfonamides is 1. The number of amides is 3. The lowest BCUT2D eigenvalue weighted by Crippen LogP contribution is -2.53. The highest BCUT2D eigenvalue weighted by molar-refractivity contribution is 7.92. The van der Waals surface area contributed by atoms with Crippen LogP contribution in [0.5, 0.6) is 0 Å². The summed E-state index contributed by atoms with van der Waals surface area (Å²) in [6.45, 7) is 2.27. The Morgan fingerprint density at radius 3 is 2.56 bits per heavy atom. The smallest absolute Gasteiger partial charge is 0.322 e. The first-order chi connectivity index (χ1) is 16.2. The predicted octanol–water partition coefficient (Wildman–Crippen LogP) is 3.34. The monoisotopic (exact) mass is 483 g/mol. The molecule has 0 aliphatic carbocycles. The molecule has 4 rings (SSSR count). The first-order valence-corrected chi connectivity index (χ1v) is 12.6. The number of urea groups is 1. The molecule has 3 amide bonds. The minimum atomic E-state index is -3.43. The molecule has 2 aromatic carbocycles. The highest BCUT2D eigenvalue weighted by Gasteiger charge is 2.31. The second-order valence-electron chi connectivity index (χ2n) is 8.08. The maximum Gasteiger partial charge on any atom is 0.322 e. The van der Waals surface area contributed by atoms with Crippen molar-refractivity contribution in [3.8, 4) is 11.1 Å². The molecule has 34 heavy (non-hydrogen) atoms. The summed E-state index contributed by atoms with van der Waals surface area (Å²) in [5.41, 5.74) is 3.33. The van der Waals surface area contributed by atoms with Gasteiger partial charge in [-0.05, 0) is 43.5 Å². The second kappa shape index (κ2) is 9.56. The molecule has 1 aliphatic rings. The molecule has 1 saturated heterocycles. The number of rotatable bonds is 6. The van der Waals surface area contributed by atoms with Gasteiger partial charge in [0, 0.05) is 23.9 Å². The van der Waals surface area contributed by atoms with Crippen LogP contribution in [-0.2, 0) is 14.8 Å². The minimum Gasteiger partial charge on any atom is -0.338 e. The number of aryl methyl sites for hydroxylation is 1. The van der Waals surface area contributed by atoms with Gasteiger partial charge in [0.15, 0.2) is 0 Å². The van der Waals surface area contributed by atoms with Crippen molar-refractivity contribution in [1.29, 1.82) is 0 Å². The van der Waals surface area contributed by atoms with Crippen LogP contribution in [0.25, 0.3) is 11.1 Å². The molecule has 178 valence electrons. The van der Waals surface area contributed by atoms with Crippen LogP contribution in [0.15, 0.2) is 59.1 Å². The lowest BCUT2D eigenvalue weighted by molar-refractivity contribution is -0.121. The van der Waals surface area contributed by atoms with E-state index in [-0.39, 0.29) is 11.8 Å². The Balaban J connectivity index is 1.46. The molecule has 3 aromatic rings. The summed E-state index contributed by atoms with van der Waals surface area (Å²) in [5, 5.41) is 8.94. The highest BCUT2D eigenvalue weighted by atomic mass is 32.2. The zero-order chi connectivity index (χ0) is 24.3. The van der Waals surface area contributed by atoms with Crippen LogP contribution in [0.4, 0.5) is 22.1 Å². The number of hydrogen-bond donors (Lipinski definition) is 3. The fraction of sp³-hybridized carbons (Fsp3) is 0.261. The van der Waals surface area contributed by atoms with Crippen molar-refractivity contribution in [3.05, 3.63) is 60.3 Å². The van der Waals surface area contributed by atoms with Gasteiger partial charge >= 0.3 is 6.03 Å². The van der Waals surface area contributed by atoms with Gasteiger partial charge in [0.1, 0.15) is 6.04 Å². The van der Waals surface area contributed by atoms with Crippen molar-refractivity contribution in [2.45, 2.75) is 25.8 Å². The average molecular weight is 484 g/mol. The standard InChI is InChI=1S/C23H25N5O5S/c1-15-14-21(33-26-15)25-23(30)24-20-8-5-13-28(22(20)29)17-11-9-16(10-12-17)18-6-3-4-7-19(18)27-34(2,31)32/h3-4,6-7,9-12,14,20,27H,5,8,13H2,1-2H3,(H2,24,25,30)/t20-/m1/s1. The molecule has 1 fully saturated rings. The summed E-state index contributed by atoms with van der Waals surface area (Å²) in [5.74, 6) is -0.00149. The molecular formula is C23H25N5O5S. The van der Waals surface area contributed by atoms with Crippen molar-refractivity contribution in [2.75, 3.05) is 27.7 Å². The van der Waals surface area contributed by atoms with Gasteiger partial charge in [0.2, 0.25) is 21.8 Å². The van der Waals surface area contributed by atoms with Crippen molar-refractivity contribution < 1.29 is 22.5 Å². The van der Waals surface area contributed by atoms with Gasteiger partial charge in [0.05, 0.1) is 17.6 Å². The Hall–Kier alpha value is -3.86. The number of hydrogen-bond acceptors (Lipinski definition) is 6. The van der Waals surface area contributed by atoms with Gasteiger partial charge in [-0.3, -0.25) is 14.8 Å². The Morgan fingerprint density at radius 2 is 1.88 bits per heavy atom. The second-order valence-corrected chi connectivity index (χ2v) is 9.83. The first kappa shape index (κ1) is 23.3. The third-order valence-corrected chi connectivity index (χ3v) is 5.91. The lowest BCUT2D eigenvalue weighted by Gasteiger charge is -2.32. The number of piperidine rings is 1. The molecule has 0 unspecified atom stereocenters. The summed E-state index contributed by atoms with van der Waals surface area (Å²) in [4.78, 5) is 27.0. The van der Waals surface area contributed by atoms with E-state index in [1.807, 2.05) is 36.4 Å². The van der Waals surface area contributed by atoms with Crippen LogP contribution in [0.3, 0.4) is 0 Å². The Kier molecular flexibility index (Phi) is 6.55. The van der Waals surface area contributed by atoms with Crippen LogP contribution < -0.4 is 20.3 Å². The topological polar surface area (TPSA) is 134 Å². The number of carbonyl (C=O) groups excluding carboxylic acids is 2. The molecule has 10 nitrogen and oxygen atoms in total. The normalized spacial score (nSPS) is 16.2. The van der Waals surface area contributed by atoms with E-state index in [1.165, 1.54) is 0 Å². The molecule has 1 aromatic heterocycles. The molecule has 11 heteroatoms. The van der Waals surface area contributed by atoms with Gasteiger partial charge in [0.25, 0.3) is 0 Å². The third-order valence-electron chi connectivity index (χ3n) is 5.32. The van der Waals surface area contributed by atoms with Gasteiger partial charge in [-0.2, -0.15) is 0 Å². The number of carbonyl (C=O) groups is 2. The molecular weight excluding hydrogens is 458 g/mol. The molecule has 0 saturated carbocycles. The maximum absolute atomic E-state index is 13.1. The number of nitrogens with one attached hydrogen (secondary N) is 3. The van der Waals surface area contributed by atoms with Crippen LogP contribution in [0.1, 0.15) is 18.5 Å². The summed E-state index contributed by atoms with van der Waals surface area (Å²) in [6.07, 6.45) is 2.36. The number of nitrogens with zero attached hydrogens (tertiary/aromatic N) is 2. The number of para-hydroxylation sites is 1. The summed E-state index contributed by atoms with van der Waals surface area (Å²) in [7, 11) is -3.43. The fourth-order valence-corrected chi connectivity index (χ4v) is 4.42. The SMILES string of the molecule is Cc1cc(NC(=O)N[C@@H]2CCCN(c3ccc(-c4ccccc4NS(C)(=O)=O)cc3)C2=O)on1. The fourth-order valence-electron chi connectivity index (χ4n) is 3.84. The van der Waals surface area contributed by atoms with Crippen LogP contribution in [-0.4, -0.2) is 44.4 Å². The molecule has 3 N–H and O–H groups in total. The van der Waals surface area contributed by atoms with E-state index in [4.69, 9.17) is 4.52 Å². The van der Waals surface area contributed by atoms with E-state index in [1.54, 1.807) is 30.0 Å². The van der Waals surface area contributed by atoms with E-state index >= 15 is 0 Å². The van der Waals surface area contributed by atoms with E-state index in [0.717, 1.165) is 23.8 Å². The van der Waals surface area contributed by atoms with E-state index in [0.29, 0.717) is 30.0 Å². The molecule has 0 spiro atoms. The number of benzene rings is 2. The largest absolute Gasteiger partial charge is 0.338 e. The number of anilines is 3. The Labute approximate surface area is 197 Å². The van der Waals surface area contributed by atoms with Gasteiger partial charge in [-0.1, -0.05) is 35.5 Å². The minimum absolute atomic E-state index is 0.205. The number of aromatic nitrogens is 1. The zero-order valence-corrected chi connectivity index (χ0v) is 19.6. The maximum atomic E-state index is 13.1. The van der Waals surface area contributed by atoms with Crippen molar-refractivity contribution in [2.24, 2.45) is 0 Å². The molecule has 0 radical (unpaired) electrons. The van der Waals surface area contributed by atoms with Crippen LogP contribution in [0.2, 0.25) is 0 Å². The Morgan fingerprint density at radius 1 is 1.15 bits per heavy atom. The highest BCUT2D eigenvalue weighted by Crippen LogP contribution is 2.31. The van der Waals surface area contributed by atoms with Crippen LogP contribution in [0, 0.1) is 6.92 Å². The predicted molar refractivity (Wildman–Crippen MR) is 129 cm³/mol. The summed E-state index contributed by atoms with van der Waals surface area (Å²) in [6, 6.07) is 14.8. The Bertz CT molecular complexity index is 1300. The average Bonchev–Trinajstić information content (AvgIpc) is 3.19. The molecule has 1 aliphatic heterocycles. The van der Waals surface area contributed by atoms with Gasteiger partial charge in [-0.15, -0.1) is 0 Å². The van der Waals surface area contributed by atoms with Crippen molar-refractivity contribution >= 4 is 39.2 Å². The van der Waals surface area contributed by atoms with Gasteiger partial charge < -0.3 is 14.7 Å².